The molecule has 28 heavy (non-hydrogen) atoms. The third-order valence-electron chi connectivity index (χ3n) is 4.53. The Labute approximate surface area is 173 Å². The van der Waals surface area contributed by atoms with Gasteiger partial charge in [-0.15, -0.1) is 0 Å². The molecule has 0 radical (unpaired) electrons. The maximum absolute atomic E-state index is 13.4. The topological polar surface area (TPSA) is 63.6 Å². The highest BCUT2D eigenvalue weighted by Crippen LogP contribution is 2.44. The van der Waals surface area contributed by atoms with Crippen LogP contribution >= 0.6 is 15.9 Å². The van der Waals surface area contributed by atoms with Gasteiger partial charge in [0, 0.05) is 21.2 Å². The predicted molar refractivity (Wildman–Crippen MR) is 113 cm³/mol. The van der Waals surface area contributed by atoms with Crippen molar-refractivity contribution < 1.29 is 18.8 Å². The molecule has 1 aliphatic heterocycles. The van der Waals surface area contributed by atoms with E-state index in [-0.39, 0.29) is 11.5 Å². The Kier molecular flexibility index (Phi) is 4.91. The second kappa shape index (κ2) is 7.37. The van der Waals surface area contributed by atoms with Crippen molar-refractivity contribution >= 4 is 43.0 Å². The van der Waals surface area contributed by atoms with E-state index in [2.05, 4.69) is 15.9 Å². The third-order valence-corrected chi connectivity index (χ3v) is 6.61. The van der Waals surface area contributed by atoms with Crippen LogP contribution in [-0.2, 0) is 10.8 Å². The molecule has 0 saturated carbocycles. The number of phenols is 1. The number of rotatable bonds is 4. The number of halogens is 1. The summed E-state index contributed by atoms with van der Waals surface area (Å²) in [7, 11) is -0.0117. The Morgan fingerprint density at radius 2 is 1.68 bits per heavy atom. The highest BCUT2D eigenvalue weighted by atomic mass is 79.9. The summed E-state index contributed by atoms with van der Waals surface area (Å²) in [6, 6.07) is 18.8. The highest BCUT2D eigenvalue weighted by molar-refractivity contribution is 9.10. The first-order chi connectivity index (χ1) is 13.5. The van der Waals surface area contributed by atoms with Crippen LogP contribution < -0.4 is 4.74 Å². The van der Waals surface area contributed by atoms with Crippen molar-refractivity contribution in [3.63, 3.8) is 0 Å². The summed E-state index contributed by atoms with van der Waals surface area (Å²) >= 11 is 3.40. The average molecular weight is 455 g/mol. The van der Waals surface area contributed by atoms with E-state index in [1.165, 1.54) is 12.1 Å². The molecule has 4 nitrogen and oxygen atoms in total. The van der Waals surface area contributed by atoms with E-state index < -0.39 is 10.8 Å². The van der Waals surface area contributed by atoms with Crippen LogP contribution in [0.3, 0.4) is 0 Å². The first-order valence-corrected chi connectivity index (χ1v) is 10.4. The molecule has 0 amide bonds. The van der Waals surface area contributed by atoms with Gasteiger partial charge in [-0.3, -0.25) is 4.79 Å². The molecule has 0 bridgehead atoms. The summed E-state index contributed by atoms with van der Waals surface area (Å²) in [6.45, 7) is 0. The van der Waals surface area contributed by atoms with E-state index in [0.29, 0.717) is 37.8 Å². The fourth-order valence-corrected chi connectivity index (χ4v) is 4.98. The fourth-order valence-electron chi connectivity index (χ4n) is 3.16. The molecule has 0 fully saturated rings. The maximum Gasteiger partial charge on any atom is 0.194 e. The van der Waals surface area contributed by atoms with Crippen LogP contribution in [0.1, 0.15) is 21.5 Å². The van der Waals surface area contributed by atoms with E-state index in [9.17, 15) is 14.1 Å². The Hall–Kier alpha value is -2.70. The average Bonchev–Trinajstić information content (AvgIpc) is 3.00. The molecule has 4 rings (SSSR count). The standard InChI is InChI=1S/C22H15BrO4S/c1-27-17-9-4-13(5-10-17)21(25)20-18-11-8-16(24)12-19(18)28(26)22(20)14-2-6-15(23)7-3-14/h2-12,24H,1H3. The van der Waals surface area contributed by atoms with E-state index >= 15 is 0 Å². The van der Waals surface area contributed by atoms with Crippen LogP contribution in [0.15, 0.2) is 76.1 Å². The van der Waals surface area contributed by atoms with Crippen LogP contribution in [-0.4, -0.2) is 22.2 Å². The van der Waals surface area contributed by atoms with Gasteiger partial charge in [-0.25, -0.2) is 4.21 Å². The number of hydrogen-bond donors (Lipinski definition) is 1. The van der Waals surface area contributed by atoms with Crippen molar-refractivity contribution in [2.24, 2.45) is 0 Å². The summed E-state index contributed by atoms with van der Waals surface area (Å²) in [4.78, 5) is 14.3. The normalized spacial score (nSPS) is 15.4. The zero-order valence-electron chi connectivity index (χ0n) is 14.8. The first kappa shape index (κ1) is 18.7. The number of ketones is 1. The van der Waals surface area contributed by atoms with Crippen LogP contribution in [0, 0.1) is 0 Å². The predicted octanol–water partition coefficient (Wildman–Crippen LogP) is 5.04. The molecule has 0 spiro atoms. The molecule has 3 aromatic carbocycles. The highest BCUT2D eigenvalue weighted by Gasteiger charge is 2.34. The minimum absolute atomic E-state index is 0.0143. The molecular formula is C22H15BrO4S. The lowest BCUT2D eigenvalue weighted by molar-refractivity contribution is 0.105. The van der Waals surface area contributed by atoms with Gasteiger partial charge in [0.05, 0.1) is 27.7 Å². The van der Waals surface area contributed by atoms with Crippen LogP contribution in [0.2, 0.25) is 0 Å². The van der Waals surface area contributed by atoms with Gasteiger partial charge in [0.15, 0.2) is 5.78 Å². The summed E-state index contributed by atoms with van der Waals surface area (Å²) < 4.78 is 19.3. The Morgan fingerprint density at radius 3 is 2.32 bits per heavy atom. The quantitative estimate of drug-likeness (QED) is 0.561. The van der Waals surface area contributed by atoms with Crippen molar-refractivity contribution in [3.8, 4) is 11.5 Å². The molecular weight excluding hydrogens is 440 g/mol. The van der Waals surface area contributed by atoms with Crippen molar-refractivity contribution in [2.75, 3.05) is 7.11 Å². The van der Waals surface area contributed by atoms with Gasteiger partial charge in [-0.1, -0.05) is 28.1 Å². The van der Waals surface area contributed by atoms with Crippen LogP contribution in [0.25, 0.3) is 10.5 Å². The molecule has 1 N–H and O–H groups in total. The van der Waals surface area contributed by atoms with Crippen molar-refractivity contribution in [1.29, 1.82) is 0 Å². The number of hydrogen-bond acceptors (Lipinski definition) is 4. The number of benzene rings is 3. The number of methoxy groups -OCH3 is 1. The number of allylic oxidation sites excluding steroid dienone is 1. The van der Waals surface area contributed by atoms with Crippen LogP contribution in [0.4, 0.5) is 0 Å². The summed E-state index contributed by atoms with van der Waals surface area (Å²) in [5, 5.41) is 9.85. The second-order valence-corrected chi connectivity index (χ2v) is 8.52. The zero-order valence-corrected chi connectivity index (χ0v) is 17.2. The second-order valence-electron chi connectivity index (χ2n) is 6.22. The molecule has 0 aromatic heterocycles. The van der Waals surface area contributed by atoms with Gasteiger partial charge in [0.25, 0.3) is 0 Å². The van der Waals surface area contributed by atoms with Gasteiger partial charge < -0.3 is 9.84 Å². The molecule has 140 valence electrons. The Balaban J connectivity index is 1.92. The lowest BCUT2D eigenvalue weighted by atomic mass is 9.94. The van der Waals surface area contributed by atoms with Gasteiger partial charge in [-0.2, -0.15) is 0 Å². The number of aromatic hydroxyl groups is 1. The first-order valence-electron chi connectivity index (χ1n) is 8.43. The number of ether oxygens (including phenoxy) is 1. The zero-order chi connectivity index (χ0) is 19.8. The van der Waals surface area contributed by atoms with Gasteiger partial charge in [-0.05, 0) is 60.2 Å². The number of phenolic OH excluding ortho intramolecular Hbond substituents is 1. The summed E-state index contributed by atoms with van der Waals surface area (Å²) in [5.74, 6) is 0.442. The molecule has 1 heterocycles. The molecule has 0 saturated heterocycles. The number of carbonyl (C=O) groups excluding carboxylic acids is 1. The van der Waals surface area contributed by atoms with E-state index in [1.54, 1.807) is 37.4 Å². The Bertz CT molecular complexity index is 1130. The van der Waals surface area contributed by atoms with Crippen LogP contribution in [0.5, 0.6) is 11.5 Å². The molecule has 3 aromatic rings. The Morgan fingerprint density at radius 1 is 1.00 bits per heavy atom. The molecule has 1 atom stereocenters. The summed E-state index contributed by atoms with van der Waals surface area (Å²) in [5.41, 5.74) is 2.15. The van der Waals surface area contributed by atoms with Gasteiger partial charge in [0.1, 0.15) is 11.5 Å². The fraction of sp³-hybridized carbons (Fsp3) is 0.0455. The molecule has 6 heteroatoms. The minimum Gasteiger partial charge on any atom is -0.508 e. The molecule has 1 aliphatic rings. The monoisotopic (exact) mass is 454 g/mol. The SMILES string of the molecule is COc1ccc(C(=O)C2=C(c3ccc(Br)cc3)S(=O)c3cc(O)ccc32)cc1. The van der Waals surface area contributed by atoms with E-state index in [4.69, 9.17) is 4.74 Å². The van der Waals surface area contributed by atoms with Crippen molar-refractivity contribution in [2.45, 2.75) is 4.90 Å². The number of fused-ring (bicyclic) bond motifs is 1. The lowest BCUT2D eigenvalue weighted by Gasteiger charge is -2.08. The number of carbonyl (C=O) groups is 1. The minimum atomic E-state index is -1.58. The third kappa shape index (κ3) is 3.19. The smallest absolute Gasteiger partial charge is 0.194 e. The van der Waals surface area contributed by atoms with E-state index in [0.717, 1.165) is 4.47 Å². The maximum atomic E-state index is 13.4. The van der Waals surface area contributed by atoms with E-state index in [1.807, 2.05) is 24.3 Å². The molecule has 1 unspecified atom stereocenters. The number of Topliss-reactive ketones (excluding diaryl/α,β-unsaturated/α-hetero) is 1. The van der Waals surface area contributed by atoms with Crippen molar-refractivity contribution in [3.05, 3.63) is 87.9 Å². The molecule has 0 aliphatic carbocycles. The summed E-state index contributed by atoms with van der Waals surface area (Å²) in [6.07, 6.45) is 0. The van der Waals surface area contributed by atoms with Gasteiger partial charge in [0.2, 0.25) is 0 Å². The lowest BCUT2D eigenvalue weighted by Crippen LogP contribution is -2.03. The van der Waals surface area contributed by atoms with Gasteiger partial charge >= 0.3 is 0 Å². The van der Waals surface area contributed by atoms with Crippen molar-refractivity contribution in [1.82, 2.24) is 0 Å². The largest absolute Gasteiger partial charge is 0.508 e.